The molecule has 4 amide bonds. The molecule has 0 bridgehead atoms. The van der Waals surface area contributed by atoms with Crippen molar-refractivity contribution in [2.45, 2.75) is 65.0 Å². The van der Waals surface area contributed by atoms with Gasteiger partial charge in [0, 0.05) is 88.4 Å². The largest absolute Gasteiger partial charge is 0.490 e. The van der Waals surface area contributed by atoms with Crippen molar-refractivity contribution in [3.63, 3.8) is 0 Å². The van der Waals surface area contributed by atoms with Crippen molar-refractivity contribution in [2.75, 3.05) is 38.7 Å². The van der Waals surface area contributed by atoms with Gasteiger partial charge in [-0.15, -0.1) is 0 Å². The number of nitrogens with one attached hydrogen (secondary N) is 4. The first kappa shape index (κ1) is 44.6. The minimum Gasteiger partial charge on any atom is -0.490 e. The maximum Gasteiger partial charge on any atom is 0.264 e. The van der Waals surface area contributed by atoms with Gasteiger partial charge in [-0.3, -0.25) is 34.3 Å². The molecule has 13 nitrogen and oxygen atoms in total. The second kappa shape index (κ2) is 20.1. The Bertz CT molecular complexity index is 2540. The molecule has 5 heterocycles. The number of hydrogen-bond acceptors (Lipinski definition) is 9. The first-order valence-corrected chi connectivity index (χ1v) is 20.3. The Kier molecular flexibility index (Phi) is 14.5. The number of amides is 4. The van der Waals surface area contributed by atoms with E-state index in [2.05, 4.69) is 57.7 Å². The molecule has 8 rings (SSSR count). The molecule has 5 aromatic rings. The number of rotatable bonds is 9. The summed E-state index contributed by atoms with van der Waals surface area (Å²) in [4.78, 5) is 68.8. The van der Waals surface area contributed by atoms with Crippen LogP contribution in [0.2, 0.25) is 0 Å². The molecule has 3 aliphatic rings. The van der Waals surface area contributed by atoms with E-state index in [9.17, 15) is 32.8 Å². The standard InChI is InChI=1S/C27H25F2N3O2.C18H17N3O4.C2H7N/c1-15(2)20-8-19(9-22-18(14-33)13-31-26(20)22)32-6-7-34-25-11-21(17-5-4-16(3)30-12-17)23(27(28)29)10-24(25)32;22-11-19-9-2-1-4-12-5-3-6-13-14(12)10-21(18(13)25)15-7-8-16(23)20-17(15)24;1-3-2/h4-5,8-15,27,31H,6-7H2,1-3H3;3,5-6,11,15H,2,7-10H2,(H,19,22)(H,20,23,24);3H,1-2H3. The van der Waals surface area contributed by atoms with Crippen molar-refractivity contribution in [1.29, 1.82) is 0 Å². The molecule has 0 radical (unpaired) electrons. The summed E-state index contributed by atoms with van der Waals surface area (Å²) in [5.41, 5.74) is 7.85. The van der Waals surface area contributed by atoms with Gasteiger partial charge in [-0.1, -0.05) is 37.8 Å². The van der Waals surface area contributed by atoms with Gasteiger partial charge in [0.05, 0.1) is 12.2 Å². The van der Waals surface area contributed by atoms with E-state index in [1.807, 2.05) is 38.1 Å². The van der Waals surface area contributed by atoms with Gasteiger partial charge in [0.15, 0.2) is 6.29 Å². The molecule has 15 heteroatoms. The van der Waals surface area contributed by atoms with Crippen molar-refractivity contribution >= 4 is 52.7 Å². The topological polar surface area (TPSA) is 166 Å². The molecule has 4 N–H and O–H groups in total. The van der Waals surface area contributed by atoms with E-state index in [1.165, 1.54) is 11.0 Å². The summed E-state index contributed by atoms with van der Waals surface area (Å²) in [6.07, 6.45) is 3.18. The van der Waals surface area contributed by atoms with Crippen LogP contribution >= 0.6 is 0 Å². The van der Waals surface area contributed by atoms with E-state index in [1.54, 1.807) is 42.7 Å². The highest BCUT2D eigenvalue weighted by Crippen LogP contribution is 2.45. The van der Waals surface area contributed by atoms with Crippen LogP contribution in [0.1, 0.15) is 94.1 Å². The molecule has 1 atom stereocenters. The molecule has 0 saturated carbocycles. The van der Waals surface area contributed by atoms with Crippen LogP contribution < -0.4 is 25.6 Å². The number of nitrogens with zero attached hydrogens (tertiary/aromatic N) is 3. The van der Waals surface area contributed by atoms with E-state index in [0.717, 1.165) is 45.3 Å². The maximum absolute atomic E-state index is 14.2. The first-order chi connectivity index (χ1) is 29.9. The fraction of sp³-hybridized carbons (Fsp3) is 0.319. The van der Waals surface area contributed by atoms with Crippen molar-refractivity contribution in [1.82, 2.24) is 30.8 Å². The van der Waals surface area contributed by atoms with Gasteiger partial charge < -0.3 is 30.2 Å². The second-order valence-corrected chi connectivity index (χ2v) is 15.2. The first-order valence-electron chi connectivity index (χ1n) is 20.3. The molecule has 62 heavy (non-hydrogen) atoms. The summed E-state index contributed by atoms with van der Waals surface area (Å²) in [6, 6.07) is 15.5. The predicted octanol–water partition coefficient (Wildman–Crippen LogP) is 6.71. The van der Waals surface area contributed by atoms with Gasteiger partial charge in [-0.25, -0.2) is 8.78 Å². The number of alkyl halides is 2. The quantitative estimate of drug-likeness (QED) is 0.0546. The molecule has 3 aromatic carbocycles. The van der Waals surface area contributed by atoms with Crippen LogP contribution in [0.3, 0.4) is 0 Å². The molecule has 2 aromatic heterocycles. The minimum atomic E-state index is -2.66. The van der Waals surface area contributed by atoms with E-state index < -0.39 is 18.4 Å². The van der Waals surface area contributed by atoms with Crippen molar-refractivity contribution < 1.29 is 37.5 Å². The zero-order valence-electron chi connectivity index (χ0n) is 35.2. The monoisotopic (exact) mass is 845 g/mol. The highest BCUT2D eigenvalue weighted by Gasteiger charge is 2.39. The number of pyridine rings is 1. The lowest BCUT2D eigenvalue weighted by atomic mass is 9.96. The molecule has 322 valence electrons. The van der Waals surface area contributed by atoms with Crippen LogP contribution in [0.15, 0.2) is 67.0 Å². The number of anilines is 2. The minimum absolute atomic E-state index is 0.0692. The smallest absolute Gasteiger partial charge is 0.264 e. The number of aromatic amines is 1. The number of H-pyrrole nitrogens is 1. The number of hydrogen-bond donors (Lipinski definition) is 4. The van der Waals surface area contributed by atoms with Gasteiger partial charge in [0.2, 0.25) is 18.2 Å². The summed E-state index contributed by atoms with van der Waals surface area (Å²) >= 11 is 0. The Labute approximate surface area is 358 Å². The third-order valence-electron chi connectivity index (χ3n) is 10.6. The molecule has 1 fully saturated rings. The molecule has 3 aliphatic heterocycles. The fourth-order valence-corrected chi connectivity index (χ4v) is 7.63. The molecule has 0 aliphatic carbocycles. The Hall–Kier alpha value is -6.92. The lowest BCUT2D eigenvalue weighted by Crippen LogP contribution is -2.52. The Morgan fingerprint density at radius 3 is 2.50 bits per heavy atom. The van der Waals surface area contributed by atoms with Crippen LogP contribution in [0, 0.1) is 18.8 Å². The number of carbonyl (C=O) groups is 5. The average Bonchev–Trinajstić information content (AvgIpc) is 3.84. The third kappa shape index (κ3) is 9.66. The maximum atomic E-state index is 14.2. The van der Waals surface area contributed by atoms with Gasteiger partial charge in [0.1, 0.15) is 18.4 Å². The molecular weight excluding hydrogens is 797 g/mol. The summed E-state index contributed by atoms with van der Waals surface area (Å²) in [5, 5.41) is 8.39. The zero-order valence-corrected chi connectivity index (χ0v) is 35.2. The fourth-order valence-electron chi connectivity index (χ4n) is 7.63. The Morgan fingerprint density at radius 2 is 1.82 bits per heavy atom. The van der Waals surface area contributed by atoms with E-state index >= 15 is 0 Å². The number of fused-ring (bicyclic) bond motifs is 3. The summed E-state index contributed by atoms with van der Waals surface area (Å²) < 4.78 is 34.3. The van der Waals surface area contributed by atoms with E-state index in [4.69, 9.17) is 4.74 Å². The number of aldehydes is 1. The highest BCUT2D eigenvalue weighted by atomic mass is 19.3. The number of piperidine rings is 1. The number of aromatic nitrogens is 2. The van der Waals surface area contributed by atoms with Crippen molar-refractivity contribution in [3.05, 3.63) is 106 Å². The molecule has 0 spiro atoms. The van der Waals surface area contributed by atoms with Crippen molar-refractivity contribution in [2.24, 2.45) is 0 Å². The van der Waals surface area contributed by atoms with Crippen LogP contribution in [-0.4, -0.2) is 85.1 Å². The number of ether oxygens (including phenoxy) is 1. The highest BCUT2D eigenvalue weighted by molar-refractivity contribution is 6.06. The van der Waals surface area contributed by atoms with Gasteiger partial charge in [-0.05, 0) is 92.5 Å². The summed E-state index contributed by atoms with van der Waals surface area (Å²) in [6.45, 7) is 7.72. The zero-order chi connectivity index (χ0) is 44.5. The number of halogens is 2. The molecule has 1 unspecified atom stereocenters. The van der Waals surface area contributed by atoms with Crippen LogP contribution in [0.25, 0.3) is 22.0 Å². The second-order valence-electron chi connectivity index (χ2n) is 15.2. The van der Waals surface area contributed by atoms with E-state index in [-0.39, 0.29) is 29.7 Å². The lowest BCUT2D eigenvalue weighted by molar-refractivity contribution is -0.137. The average molecular weight is 846 g/mol. The normalized spacial score (nSPS) is 15.3. The summed E-state index contributed by atoms with van der Waals surface area (Å²) in [5.74, 6) is 5.80. The van der Waals surface area contributed by atoms with Crippen molar-refractivity contribution in [3.8, 4) is 28.7 Å². The molecule has 1 saturated heterocycles. The lowest BCUT2D eigenvalue weighted by Gasteiger charge is -2.33. The van der Waals surface area contributed by atoms with Crippen LogP contribution in [0.5, 0.6) is 5.75 Å². The number of benzene rings is 3. The third-order valence-corrected chi connectivity index (χ3v) is 10.6. The Morgan fingerprint density at radius 1 is 1.03 bits per heavy atom. The Balaban J connectivity index is 0.000000203. The number of aryl methyl sites for hydroxylation is 1. The van der Waals surface area contributed by atoms with Crippen LogP contribution in [-0.2, 0) is 20.9 Å². The van der Waals surface area contributed by atoms with Gasteiger partial charge in [-0.2, -0.15) is 0 Å². The SMILES string of the molecule is CNC.Cc1ccc(-c2cc3c(cc2C(F)F)N(c2cc(C(C)C)c4[nH]cc(C=O)c4c2)CCO3)cn1.O=CNCCC#Cc1cccc2c1CN(C1CCC(=O)NC1=O)C2=O. The van der Waals surface area contributed by atoms with Crippen LogP contribution in [0.4, 0.5) is 20.2 Å². The predicted molar refractivity (Wildman–Crippen MR) is 233 cm³/mol. The molecular formula is C47H49F2N7O6. The number of carbonyl (C=O) groups excluding carboxylic acids is 5. The van der Waals surface area contributed by atoms with Gasteiger partial charge >= 0.3 is 0 Å². The van der Waals surface area contributed by atoms with Gasteiger partial charge in [0.25, 0.3) is 12.3 Å². The van der Waals surface area contributed by atoms with E-state index in [0.29, 0.717) is 79.2 Å². The number of imide groups is 1. The summed E-state index contributed by atoms with van der Waals surface area (Å²) in [7, 11) is 3.75.